The summed E-state index contributed by atoms with van der Waals surface area (Å²) < 4.78 is 7.46. The van der Waals surface area contributed by atoms with Crippen LogP contribution < -0.4 is 10.1 Å². The number of hydrogen-bond acceptors (Lipinski definition) is 5. The standard InChI is InChI=1S/C23H26N4O2S/c1-3-16-27-22(19-10-12-20(13-11-19)29-4-2)25-26-23(27)30-17-21(28)24-15-14-18-8-6-5-7-9-18/h3,5-13H,1,4,14-17H2,2H3,(H,24,28). The van der Waals surface area contributed by atoms with Gasteiger partial charge in [-0.15, -0.1) is 16.8 Å². The minimum atomic E-state index is -0.0216. The van der Waals surface area contributed by atoms with Crippen molar-refractivity contribution in [3.8, 4) is 17.1 Å². The van der Waals surface area contributed by atoms with E-state index in [1.807, 2.05) is 54.0 Å². The van der Waals surface area contributed by atoms with Gasteiger partial charge in [-0.25, -0.2) is 0 Å². The van der Waals surface area contributed by atoms with E-state index >= 15 is 0 Å². The Kier molecular flexibility index (Phi) is 8.09. The van der Waals surface area contributed by atoms with Crippen molar-refractivity contribution in [2.75, 3.05) is 18.9 Å². The first kappa shape index (κ1) is 21.6. The Labute approximate surface area is 181 Å². The summed E-state index contributed by atoms with van der Waals surface area (Å²) in [6.45, 7) is 7.58. The zero-order chi connectivity index (χ0) is 21.2. The summed E-state index contributed by atoms with van der Waals surface area (Å²) in [5, 5.41) is 12.3. The molecule has 0 atom stereocenters. The van der Waals surface area contributed by atoms with Gasteiger partial charge in [-0.3, -0.25) is 9.36 Å². The highest BCUT2D eigenvalue weighted by Crippen LogP contribution is 2.25. The van der Waals surface area contributed by atoms with Crippen LogP contribution in [0.4, 0.5) is 0 Å². The molecule has 0 fully saturated rings. The van der Waals surface area contributed by atoms with Crippen LogP contribution in [0.1, 0.15) is 12.5 Å². The van der Waals surface area contributed by atoms with Crippen molar-refractivity contribution in [3.63, 3.8) is 0 Å². The predicted molar refractivity (Wildman–Crippen MR) is 121 cm³/mol. The van der Waals surface area contributed by atoms with Crippen LogP contribution in [0.15, 0.2) is 72.4 Å². The second kappa shape index (κ2) is 11.2. The molecule has 0 aliphatic rings. The van der Waals surface area contributed by atoms with Crippen molar-refractivity contribution in [2.24, 2.45) is 0 Å². The van der Waals surface area contributed by atoms with Crippen LogP contribution in [0.5, 0.6) is 5.75 Å². The molecule has 0 radical (unpaired) electrons. The van der Waals surface area contributed by atoms with Crippen LogP contribution in [-0.4, -0.2) is 39.6 Å². The Hall–Kier alpha value is -3.06. The van der Waals surface area contributed by atoms with E-state index in [1.54, 1.807) is 6.08 Å². The van der Waals surface area contributed by atoms with Crippen molar-refractivity contribution in [1.29, 1.82) is 0 Å². The zero-order valence-electron chi connectivity index (χ0n) is 17.1. The average Bonchev–Trinajstić information content (AvgIpc) is 3.17. The number of thioether (sulfide) groups is 1. The van der Waals surface area contributed by atoms with Gasteiger partial charge in [-0.05, 0) is 43.2 Å². The molecule has 0 aliphatic carbocycles. The second-order valence-electron chi connectivity index (χ2n) is 6.54. The van der Waals surface area contributed by atoms with Crippen LogP contribution in [0.2, 0.25) is 0 Å². The first-order chi connectivity index (χ1) is 14.7. The minimum absolute atomic E-state index is 0.0216. The Morgan fingerprint density at radius 3 is 2.63 bits per heavy atom. The van der Waals surface area contributed by atoms with E-state index < -0.39 is 0 Å². The molecule has 3 aromatic rings. The summed E-state index contributed by atoms with van der Waals surface area (Å²) in [6, 6.07) is 17.8. The summed E-state index contributed by atoms with van der Waals surface area (Å²) in [5.41, 5.74) is 2.14. The predicted octanol–water partition coefficient (Wildman–Crippen LogP) is 3.98. The van der Waals surface area contributed by atoms with Gasteiger partial charge in [0.25, 0.3) is 0 Å². The lowest BCUT2D eigenvalue weighted by atomic mass is 10.1. The van der Waals surface area contributed by atoms with Crippen LogP contribution in [-0.2, 0) is 17.8 Å². The Balaban J connectivity index is 1.59. The lowest BCUT2D eigenvalue weighted by molar-refractivity contribution is -0.118. The summed E-state index contributed by atoms with van der Waals surface area (Å²) in [4.78, 5) is 12.2. The fourth-order valence-electron chi connectivity index (χ4n) is 2.94. The van der Waals surface area contributed by atoms with Gasteiger partial charge in [0.2, 0.25) is 5.91 Å². The van der Waals surface area contributed by atoms with Gasteiger partial charge in [-0.2, -0.15) is 0 Å². The number of amides is 1. The molecule has 1 aromatic heterocycles. The van der Waals surface area contributed by atoms with Crippen LogP contribution >= 0.6 is 11.8 Å². The van der Waals surface area contributed by atoms with Gasteiger partial charge in [0.15, 0.2) is 11.0 Å². The zero-order valence-corrected chi connectivity index (χ0v) is 17.9. The van der Waals surface area contributed by atoms with E-state index in [1.165, 1.54) is 17.3 Å². The van der Waals surface area contributed by atoms with Crippen LogP contribution in [0, 0.1) is 0 Å². The summed E-state index contributed by atoms with van der Waals surface area (Å²) in [5.74, 6) is 1.82. The molecule has 6 nitrogen and oxygen atoms in total. The highest BCUT2D eigenvalue weighted by Gasteiger charge is 2.15. The molecule has 0 bridgehead atoms. The number of aromatic nitrogens is 3. The summed E-state index contributed by atoms with van der Waals surface area (Å²) >= 11 is 1.37. The lowest BCUT2D eigenvalue weighted by Crippen LogP contribution is -2.27. The van der Waals surface area contributed by atoms with Gasteiger partial charge < -0.3 is 10.1 Å². The molecule has 1 N–H and O–H groups in total. The van der Waals surface area contributed by atoms with Crippen molar-refractivity contribution in [3.05, 3.63) is 72.8 Å². The van der Waals surface area contributed by atoms with Crippen molar-refractivity contribution in [2.45, 2.75) is 25.0 Å². The van der Waals surface area contributed by atoms with E-state index in [4.69, 9.17) is 4.74 Å². The first-order valence-corrected chi connectivity index (χ1v) is 10.9. The molecule has 1 amide bonds. The quantitative estimate of drug-likeness (QED) is 0.374. The molecular formula is C23H26N4O2S. The van der Waals surface area contributed by atoms with Gasteiger partial charge in [0.05, 0.1) is 12.4 Å². The highest BCUT2D eigenvalue weighted by molar-refractivity contribution is 7.99. The number of rotatable bonds is 11. The lowest BCUT2D eigenvalue weighted by Gasteiger charge is -2.09. The third-order valence-corrected chi connectivity index (χ3v) is 5.33. The number of allylic oxidation sites excluding steroid dienone is 1. The molecule has 0 saturated heterocycles. The number of nitrogens with zero attached hydrogens (tertiary/aromatic N) is 3. The SMILES string of the molecule is C=CCn1c(SCC(=O)NCCc2ccccc2)nnc1-c1ccc(OCC)cc1. The topological polar surface area (TPSA) is 69.0 Å². The number of carbonyl (C=O) groups is 1. The average molecular weight is 423 g/mol. The molecule has 1 heterocycles. The largest absolute Gasteiger partial charge is 0.494 e. The van der Waals surface area contributed by atoms with E-state index in [0.29, 0.717) is 24.9 Å². The Bertz CT molecular complexity index is 955. The minimum Gasteiger partial charge on any atom is -0.494 e. The maximum Gasteiger partial charge on any atom is 0.230 e. The number of nitrogens with one attached hydrogen (secondary N) is 1. The Morgan fingerprint density at radius 1 is 1.17 bits per heavy atom. The number of benzene rings is 2. The van der Waals surface area contributed by atoms with Gasteiger partial charge in [-0.1, -0.05) is 48.2 Å². The van der Waals surface area contributed by atoms with Gasteiger partial charge in [0, 0.05) is 18.7 Å². The first-order valence-electron chi connectivity index (χ1n) is 9.92. The van der Waals surface area contributed by atoms with Gasteiger partial charge in [0.1, 0.15) is 5.75 Å². The molecule has 0 aliphatic heterocycles. The van der Waals surface area contributed by atoms with Crippen molar-refractivity contribution >= 4 is 17.7 Å². The van der Waals surface area contributed by atoms with Crippen molar-refractivity contribution in [1.82, 2.24) is 20.1 Å². The number of hydrogen-bond donors (Lipinski definition) is 1. The van der Waals surface area contributed by atoms with E-state index in [-0.39, 0.29) is 11.7 Å². The fraction of sp³-hybridized carbons (Fsp3) is 0.261. The molecule has 0 unspecified atom stereocenters. The Morgan fingerprint density at radius 2 is 1.93 bits per heavy atom. The fourth-order valence-corrected chi connectivity index (χ4v) is 3.72. The number of ether oxygens (including phenoxy) is 1. The molecular weight excluding hydrogens is 396 g/mol. The van der Waals surface area contributed by atoms with E-state index in [9.17, 15) is 4.79 Å². The monoisotopic (exact) mass is 422 g/mol. The second-order valence-corrected chi connectivity index (χ2v) is 7.48. The molecule has 0 saturated carbocycles. The third kappa shape index (κ3) is 5.97. The maximum atomic E-state index is 12.2. The molecule has 3 rings (SSSR count). The normalized spacial score (nSPS) is 10.6. The van der Waals surface area contributed by atoms with Crippen LogP contribution in [0.3, 0.4) is 0 Å². The highest BCUT2D eigenvalue weighted by atomic mass is 32.2. The van der Waals surface area contributed by atoms with E-state index in [2.05, 4.69) is 34.2 Å². The summed E-state index contributed by atoms with van der Waals surface area (Å²) in [7, 11) is 0. The molecule has 2 aromatic carbocycles. The van der Waals surface area contributed by atoms with Crippen molar-refractivity contribution < 1.29 is 9.53 Å². The summed E-state index contributed by atoms with van der Waals surface area (Å²) in [6.07, 6.45) is 2.61. The maximum absolute atomic E-state index is 12.2. The smallest absolute Gasteiger partial charge is 0.230 e. The van der Waals surface area contributed by atoms with Crippen LogP contribution in [0.25, 0.3) is 11.4 Å². The molecule has 156 valence electrons. The third-order valence-electron chi connectivity index (χ3n) is 4.36. The molecule has 7 heteroatoms. The molecule has 0 spiro atoms. The van der Waals surface area contributed by atoms with Gasteiger partial charge >= 0.3 is 0 Å². The number of carbonyl (C=O) groups excluding carboxylic acids is 1. The van der Waals surface area contributed by atoms with E-state index in [0.717, 1.165) is 23.6 Å². The molecule has 30 heavy (non-hydrogen) atoms.